The minimum atomic E-state index is -4.70. The Labute approximate surface area is 163 Å². The summed E-state index contributed by atoms with van der Waals surface area (Å²) in [5.41, 5.74) is -0.892. The van der Waals surface area contributed by atoms with Gasteiger partial charge in [-0.05, 0) is 18.9 Å². The third-order valence-corrected chi connectivity index (χ3v) is 5.15. The maximum atomic E-state index is 13.7. The van der Waals surface area contributed by atoms with Crippen LogP contribution in [0.4, 0.5) is 13.2 Å². The van der Waals surface area contributed by atoms with E-state index in [9.17, 15) is 18.0 Å². The van der Waals surface area contributed by atoms with E-state index < -0.39 is 17.8 Å². The highest BCUT2D eigenvalue weighted by Crippen LogP contribution is 2.34. The molecule has 1 N–H and O–H groups in total. The largest absolute Gasteiger partial charge is 0.433 e. The number of carbonyl (C=O) groups is 1. The Morgan fingerprint density at radius 3 is 2.50 bits per heavy atom. The molecule has 1 aliphatic rings. The van der Waals surface area contributed by atoms with Crippen LogP contribution in [0.25, 0.3) is 16.9 Å². The summed E-state index contributed by atoms with van der Waals surface area (Å²) in [6.07, 6.45) is -1.02. The minimum Gasteiger partial charge on any atom is -0.348 e. The maximum absolute atomic E-state index is 13.7. The van der Waals surface area contributed by atoms with Crippen LogP contribution in [-0.4, -0.2) is 26.5 Å². The van der Waals surface area contributed by atoms with E-state index in [0.717, 1.165) is 31.7 Å². The van der Waals surface area contributed by atoms with Gasteiger partial charge in [-0.1, -0.05) is 54.8 Å². The quantitative estimate of drug-likeness (QED) is 0.681. The maximum Gasteiger partial charge on any atom is 0.433 e. The second-order valence-electron chi connectivity index (χ2n) is 6.74. The number of amides is 1. The summed E-state index contributed by atoms with van der Waals surface area (Å²) in [7, 11) is 0. The number of nitrogens with one attached hydrogen (secondary N) is 1. The van der Waals surface area contributed by atoms with Crippen LogP contribution in [0, 0.1) is 0 Å². The van der Waals surface area contributed by atoms with E-state index in [1.54, 1.807) is 30.3 Å². The zero-order chi connectivity index (χ0) is 19.9. The molecule has 0 saturated heterocycles. The Balaban J connectivity index is 1.84. The van der Waals surface area contributed by atoms with Gasteiger partial charge in [0.15, 0.2) is 17.0 Å². The van der Waals surface area contributed by atoms with E-state index in [1.165, 1.54) is 0 Å². The van der Waals surface area contributed by atoms with Crippen molar-refractivity contribution >= 4 is 23.2 Å². The highest BCUT2D eigenvalue weighted by atomic mass is 35.5. The molecule has 3 aromatic rings. The van der Waals surface area contributed by atoms with Crippen molar-refractivity contribution in [1.29, 1.82) is 0 Å². The fourth-order valence-corrected chi connectivity index (χ4v) is 3.67. The summed E-state index contributed by atoms with van der Waals surface area (Å²) < 4.78 is 41.5. The van der Waals surface area contributed by atoms with Crippen molar-refractivity contribution in [2.45, 2.75) is 37.9 Å². The third-order valence-electron chi connectivity index (χ3n) is 4.80. The number of hydrogen-bond acceptors (Lipinski definition) is 3. The second kappa shape index (κ2) is 7.09. The Hall–Kier alpha value is -2.61. The lowest BCUT2D eigenvalue weighted by molar-refractivity contribution is -0.142. The summed E-state index contributed by atoms with van der Waals surface area (Å²) in [5.74, 6) is -0.586. The van der Waals surface area contributed by atoms with Gasteiger partial charge >= 0.3 is 6.18 Å². The molecule has 2 heterocycles. The highest BCUT2D eigenvalue weighted by Gasteiger charge is 2.37. The van der Waals surface area contributed by atoms with Crippen LogP contribution in [0.3, 0.4) is 0 Å². The zero-order valence-corrected chi connectivity index (χ0v) is 15.4. The topological polar surface area (TPSA) is 59.3 Å². The second-order valence-corrected chi connectivity index (χ2v) is 7.12. The Morgan fingerprint density at radius 2 is 1.86 bits per heavy atom. The molecule has 1 amide bonds. The SMILES string of the molecule is O=C(NC1CCCC1)c1nn2c(C(F)(F)F)cc(-c3ccccc3)nc2c1Cl. The first-order valence-corrected chi connectivity index (χ1v) is 9.25. The smallest absolute Gasteiger partial charge is 0.348 e. The lowest BCUT2D eigenvalue weighted by atomic mass is 10.1. The van der Waals surface area contributed by atoms with E-state index in [4.69, 9.17) is 11.6 Å². The Morgan fingerprint density at radius 1 is 1.18 bits per heavy atom. The van der Waals surface area contributed by atoms with Crippen LogP contribution in [0.5, 0.6) is 0 Å². The summed E-state index contributed by atoms with van der Waals surface area (Å²) in [4.78, 5) is 16.8. The van der Waals surface area contributed by atoms with Gasteiger partial charge in [-0.3, -0.25) is 4.79 Å². The van der Waals surface area contributed by atoms with E-state index in [0.29, 0.717) is 10.1 Å². The van der Waals surface area contributed by atoms with Crippen molar-refractivity contribution in [2.24, 2.45) is 0 Å². The van der Waals surface area contributed by atoms with Crippen molar-refractivity contribution < 1.29 is 18.0 Å². The van der Waals surface area contributed by atoms with Gasteiger partial charge in [-0.15, -0.1) is 0 Å². The van der Waals surface area contributed by atoms with Crippen molar-refractivity contribution in [1.82, 2.24) is 19.9 Å². The molecule has 0 radical (unpaired) electrons. The number of nitrogens with zero attached hydrogens (tertiary/aromatic N) is 3. The van der Waals surface area contributed by atoms with Crippen LogP contribution >= 0.6 is 11.6 Å². The van der Waals surface area contributed by atoms with Crippen LogP contribution in [0.15, 0.2) is 36.4 Å². The highest BCUT2D eigenvalue weighted by molar-refractivity contribution is 6.36. The normalized spacial score (nSPS) is 15.3. The van der Waals surface area contributed by atoms with Gasteiger partial charge in [-0.25, -0.2) is 9.50 Å². The van der Waals surface area contributed by atoms with E-state index in [1.807, 2.05) is 0 Å². The molecule has 4 rings (SSSR count). The monoisotopic (exact) mass is 408 g/mol. The average molecular weight is 409 g/mol. The predicted octanol–water partition coefficient (Wildman–Crippen LogP) is 4.74. The van der Waals surface area contributed by atoms with Crippen LogP contribution in [0.1, 0.15) is 41.9 Å². The number of halogens is 4. The first kappa shape index (κ1) is 18.7. The zero-order valence-electron chi connectivity index (χ0n) is 14.6. The molecule has 0 spiro atoms. The molecule has 0 bridgehead atoms. The molecule has 28 heavy (non-hydrogen) atoms. The molecule has 0 aliphatic heterocycles. The first-order chi connectivity index (χ1) is 13.3. The van der Waals surface area contributed by atoms with Crippen LogP contribution < -0.4 is 5.32 Å². The molecule has 1 aromatic carbocycles. The van der Waals surface area contributed by atoms with E-state index in [-0.39, 0.29) is 28.1 Å². The Bertz CT molecular complexity index is 1030. The molecule has 1 saturated carbocycles. The molecule has 1 fully saturated rings. The van der Waals surface area contributed by atoms with Gasteiger partial charge in [0.05, 0.1) is 5.69 Å². The molecule has 146 valence electrons. The van der Waals surface area contributed by atoms with Crippen molar-refractivity contribution in [3.63, 3.8) is 0 Å². The fourth-order valence-electron chi connectivity index (χ4n) is 3.42. The van der Waals surface area contributed by atoms with E-state index >= 15 is 0 Å². The van der Waals surface area contributed by atoms with Gasteiger partial charge in [0, 0.05) is 11.6 Å². The summed E-state index contributed by atoms with van der Waals surface area (Å²) >= 11 is 6.24. The van der Waals surface area contributed by atoms with Gasteiger partial charge in [0.25, 0.3) is 5.91 Å². The van der Waals surface area contributed by atoms with Gasteiger partial charge in [0.1, 0.15) is 5.02 Å². The average Bonchev–Trinajstić information content (AvgIpc) is 3.29. The number of fused-ring (bicyclic) bond motifs is 1. The molecular formula is C19H16ClF3N4O. The fraction of sp³-hybridized carbons (Fsp3) is 0.316. The minimum absolute atomic E-state index is 0.0108. The number of hydrogen-bond donors (Lipinski definition) is 1. The number of rotatable bonds is 3. The standard InChI is InChI=1S/C19H16ClF3N4O/c20-15-16(18(28)24-12-8-4-5-9-12)26-27-14(19(21,22)23)10-13(25-17(15)27)11-6-2-1-3-7-11/h1-3,6-7,10,12H,4-5,8-9H2,(H,24,28). The molecule has 5 nitrogen and oxygen atoms in total. The number of benzene rings is 1. The summed E-state index contributed by atoms with van der Waals surface area (Å²) in [6.45, 7) is 0. The van der Waals surface area contributed by atoms with E-state index in [2.05, 4.69) is 15.4 Å². The van der Waals surface area contributed by atoms with Crippen molar-refractivity contribution in [2.75, 3.05) is 0 Å². The summed E-state index contributed by atoms with van der Waals surface area (Å²) in [6, 6.07) is 9.35. The van der Waals surface area contributed by atoms with Gasteiger partial charge < -0.3 is 5.32 Å². The summed E-state index contributed by atoms with van der Waals surface area (Å²) in [5, 5.41) is 6.44. The number of alkyl halides is 3. The van der Waals surface area contributed by atoms with Crippen molar-refractivity contribution in [3.05, 3.63) is 52.8 Å². The van der Waals surface area contributed by atoms with Gasteiger partial charge in [0.2, 0.25) is 0 Å². The lowest BCUT2D eigenvalue weighted by Crippen LogP contribution is -2.33. The number of aromatic nitrogens is 3. The molecule has 1 aliphatic carbocycles. The molecule has 2 aromatic heterocycles. The van der Waals surface area contributed by atoms with Crippen molar-refractivity contribution in [3.8, 4) is 11.3 Å². The molecular weight excluding hydrogens is 393 g/mol. The van der Waals surface area contributed by atoms with Crippen LogP contribution in [0.2, 0.25) is 5.02 Å². The molecule has 0 atom stereocenters. The number of carbonyl (C=O) groups excluding carboxylic acids is 1. The van der Waals surface area contributed by atoms with Crippen LogP contribution in [-0.2, 0) is 6.18 Å². The Kier molecular flexibility index (Phi) is 4.74. The first-order valence-electron chi connectivity index (χ1n) is 8.87. The molecule has 9 heteroatoms. The lowest BCUT2D eigenvalue weighted by Gasteiger charge is -2.11. The predicted molar refractivity (Wildman–Crippen MR) is 98.2 cm³/mol. The molecule has 0 unspecified atom stereocenters. The third kappa shape index (κ3) is 3.44. The van der Waals surface area contributed by atoms with Gasteiger partial charge in [-0.2, -0.15) is 18.3 Å².